The third-order valence-electron chi connectivity index (χ3n) is 2.77. The van der Waals surface area contributed by atoms with Crippen molar-refractivity contribution in [3.8, 4) is 5.75 Å². The first-order valence-corrected chi connectivity index (χ1v) is 8.31. The molecule has 0 spiro atoms. The van der Waals surface area contributed by atoms with E-state index in [0.29, 0.717) is 24.8 Å². The van der Waals surface area contributed by atoms with Gasteiger partial charge in [-0.15, -0.1) is 0 Å². The van der Waals surface area contributed by atoms with Crippen molar-refractivity contribution in [2.24, 2.45) is 5.92 Å². The lowest BCUT2D eigenvalue weighted by Gasteiger charge is -2.09. The van der Waals surface area contributed by atoms with Crippen molar-refractivity contribution in [3.63, 3.8) is 0 Å². The Kier molecular flexibility index (Phi) is 6.98. The molecular weight excluding hydrogens is 276 g/mol. The molecule has 1 rings (SSSR count). The Balaban J connectivity index is 2.57. The number of ether oxygens (including phenoxy) is 1. The maximum atomic E-state index is 12.0. The van der Waals surface area contributed by atoms with Gasteiger partial charge in [-0.25, -0.2) is 13.1 Å². The lowest BCUT2D eigenvalue weighted by molar-refractivity contribution is 0.318. The van der Waals surface area contributed by atoms with Gasteiger partial charge in [-0.1, -0.05) is 13.8 Å². The van der Waals surface area contributed by atoms with Crippen LogP contribution in [0.5, 0.6) is 5.75 Å². The van der Waals surface area contributed by atoms with Gasteiger partial charge in [0.25, 0.3) is 0 Å². The van der Waals surface area contributed by atoms with Crippen LogP contribution >= 0.6 is 0 Å². The third kappa shape index (κ3) is 5.90. The van der Waals surface area contributed by atoms with Crippen LogP contribution in [0.3, 0.4) is 0 Å². The van der Waals surface area contributed by atoms with E-state index in [-0.39, 0.29) is 4.90 Å². The molecule has 0 aromatic heterocycles. The monoisotopic (exact) mass is 300 g/mol. The molecule has 0 atom stereocenters. The first-order chi connectivity index (χ1) is 9.45. The van der Waals surface area contributed by atoms with Gasteiger partial charge in [0.2, 0.25) is 10.0 Å². The Morgan fingerprint density at radius 3 is 2.35 bits per heavy atom. The second-order valence-corrected chi connectivity index (χ2v) is 6.77. The van der Waals surface area contributed by atoms with E-state index in [1.165, 1.54) is 0 Å². The number of likely N-dealkylation sites (N-methyl/N-ethyl adjacent to an activating group) is 1. The molecule has 0 saturated heterocycles. The Labute approximate surface area is 121 Å². The van der Waals surface area contributed by atoms with Crippen LogP contribution in [0.2, 0.25) is 0 Å². The molecule has 114 valence electrons. The molecule has 5 nitrogen and oxygen atoms in total. The zero-order valence-corrected chi connectivity index (χ0v) is 13.2. The van der Waals surface area contributed by atoms with E-state index in [0.717, 1.165) is 13.0 Å². The van der Waals surface area contributed by atoms with Crippen molar-refractivity contribution in [3.05, 3.63) is 24.3 Å². The number of nitrogens with one attached hydrogen (secondary N) is 2. The molecule has 0 aliphatic carbocycles. The topological polar surface area (TPSA) is 67.4 Å². The maximum Gasteiger partial charge on any atom is 0.240 e. The van der Waals surface area contributed by atoms with E-state index >= 15 is 0 Å². The van der Waals surface area contributed by atoms with Crippen LogP contribution in [0.25, 0.3) is 0 Å². The Morgan fingerprint density at radius 2 is 1.80 bits per heavy atom. The molecule has 2 N–H and O–H groups in total. The molecule has 0 amide bonds. The van der Waals surface area contributed by atoms with E-state index in [9.17, 15) is 8.42 Å². The summed E-state index contributed by atoms with van der Waals surface area (Å²) in [7, 11) is -1.57. The predicted molar refractivity (Wildman–Crippen MR) is 80.5 cm³/mol. The van der Waals surface area contributed by atoms with Crippen molar-refractivity contribution in [2.45, 2.75) is 25.2 Å². The molecule has 0 bridgehead atoms. The lowest BCUT2D eigenvalue weighted by Crippen LogP contribution is -2.25. The van der Waals surface area contributed by atoms with E-state index < -0.39 is 10.0 Å². The van der Waals surface area contributed by atoms with Gasteiger partial charge in [-0.3, -0.25) is 0 Å². The van der Waals surface area contributed by atoms with Gasteiger partial charge in [-0.2, -0.15) is 0 Å². The van der Waals surface area contributed by atoms with Gasteiger partial charge >= 0.3 is 0 Å². The normalized spacial score (nSPS) is 11.8. The molecule has 1 aromatic carbocycles. The Morgan fingerprint density at radius 1 is 1.15 bits per heavy atom. The molecule has 0 unspecified atom stereocenters. The minimum absolute atomic E-state index is 0.266. The first-order valence-electron chi connectivity index (χ1n) is 6.83. The van der Waals surface area contributed by atoms with Crippen molar-refractivity contribution in [1.29, 1.82) is 0 Å². The molecule has 1 aromatic rings. The number of benzene rings is 1. The highest BCUT2D eigenvalue weighted by Gasteiger charge is 2.13. The standard InChI is InChI=1S/C14H24N2O3S/c1-12(2)8-9-16-20(17,18)14-6-4-13(5-7-14)19-11-10-15-3/h4-7,12,15-16H,8-11H2,1-3H3. The largest absolute Gasteiger partial charge is 0.492 e. The average Bonchev–Trinajstić information content (AvgIpc) is 2.39. The van der Waals surface area contributed by atoms with Gasteiger partial charge in [-0.05, 0) is 43.7 Å². The molecule has 0 radical (unpaired) electrons. The smallest absolute Gasteiger partial charge is 0.240 e. The summed E-state index contributed by atoms with van der Waals surface area (Å²) < 4.78 is 32.1. The van der Waals surface area contributed by atoms with Crippen molar-refractivity contribution < 1.29 is 13.2 Å². The quantitative estimate of drug-likeness (QED) is 0.680. The van der Waals surface area contributed by atoms with Crippen LogP contribution in [0.15, 0.2) is 29.2 Å². The highest BCUT2D eigenvalue weighted by molar-refractivity contribution is 7.89. The minimum Gasteiger partial charge on any atom is -0.492 e. The zero-order chi connectivity index (χ0) is 15.0. The summed E-state index contributed by atoms with van der Waals surface area (Å²) in [5, 5.41) is 2.97. The van der Waals surface area contributed by atoms with E-state index in [1.54, 1.807) is 24.3 Å². The lowest BCUT2D eigenvalue weighted by atomic mass is 10.1. The summed E-state index contributed by atoms with van der Waals surface area (Å²) in [5.74, 6) is 1.14. The van der Waals surface area contributed by atoms with Crippen LogP contribution in [-0.4, -0.2) is 35.2 Å². The fourth-order valence-corrected chi connectivity index (χ4v) is 2.60. The van der Waals surface area contributed by atoms with Gasteiger partial charge < -0.3 is 10.1 Å². The fraction of sp³-hybridized carbons (Fsp3) is 0.571. The number of hydrogen-bond acceptors (Lipinski definition) is 4. The fourth-order valence-electron chi connectivity index (χ4n) is 1.55. The summed E-state index contributed by atoms with van der Waals surface area (Å²) in [6.45, 7) is 5.88. The van der Waals surface area contributed by atoms with E-state index in [1.807, 2.05) is 7.05 Å². The highest BCUT2D eigenvalue weighted by atomic mass is 32.2. The molecule has 0 fully saturated rings. The molecule has 0 heterocycles. The summed E-state index contributed by atoms with van der Waals surface area (Å²) in [5.41, 5.74) is 0. The maximum absolute atomic E-state index is 12.0. The SMILES string of the molecule is CNCCOc1ccc(S(=O)(=O)NCCC(C)C)cc1. The Bertz CT molecular complexity index is 484. The molecule has 6 heteroatoms. The highest BCUT2D eigenvalue weighted by Crippen LogP contribution is 2.15. The molecule has 0 aliphatic heterocycles. The molecular formula is C14H24N2O3S. The van der Waals surface area contributed by atoms with E-state index in [2.05, 4.69) is 23.9 Å². The molecule has 20 heavy (non-hydrogen) atoms. The van der Waals surface area contributed by atoms with Crippen molar-refractivity contribution in [2.75, 3.05) is 26.7 Å². The molecule has 0 saturated carbocycles. The average molecular weight is 300 g/mol. The second kappa shape index (κ2) is 8.24. The zero-order valence-electron chi connectivity index (χ0n) is 12.3. The summed E-state index contributed by atoms with van der Waals surface area (Å²) in [4.78, 5) is 0.266. The number of rotatable bonds is 9. The van der Waals surface area contributed by atoms with E-state index in [4.69, 9.17) is 4.74 Å². The van der Waals surface area contributed by atoms with Crippen LogP contribution in [0.1, 0.15) is 20.3 Å². The van der Waals surface area contributed by atoms with Gasteiger partial charge in [0.05, 0.1) is 4.90 Å². The van der Waals surface area contributed by atoms with Gasteiger partial charge in [0.15, 0.2) is 0 Å². The summed E-state index contributed by atoms with van der Waals surface area (Å²) >= 11 is 0. The number of sulfonamides is 1. The third-order valence-corrected chi connectivity index (χ3v) is 4.25. The first kappa shape index (κ1) is 16.9. The van der Waals surface area contributed by atoms with Crippen LogP contribution in [-0.2, 0) is 10.0 Å². The van der Waals surface area contributed by atoms with Gasteiger partial charge in [0, 0.05) is 13.1 Å². The van der Waals surface area contributed by atoms with Crippen LogP contribution in [0, 0.1) is 5.92 Å². The summed E-state index contributed by atoms with van der Waals surface area (Å²) in [6.07, 6.45) is 0.824. The van der Waals surface area contributed by atoms with Crippen LogP contribution in [0.4, 0.5) is 0 Å². The predicted octanol–water partition coefficient (Wildman–Crippen LogP) is 1.61. The minimum atomic E-state index is -3.42. The van der Waals surface area contributed by atoms with Crippen molar-refractivity contribution in [1.82, 2.24) is 10.0 Å². The van der Waals surface area contributed by atoms with Crippen molar-refractivity contribution >= 4 is 10.0 Å². The Hall–Kier alpha value is -1.11. The molecule has 0 aliphatic rings. The van der Waals surface area contributed by atoms with Crippen LogP contribution < -0.4 is 14.8 Å². The van der Waals surface area contributed by atoms with Gasteiger partial charge in [0.1, 0.15) is 12.4 Å². The second-order valence-electron chi connectivity index (χ2n) is 5.00. The summed E-state index contributed by atoms with van der Waals surface area (Å²) in [6, 6.07) is 6.47. The number of hydrogen-bond donors (Lipinski definition) is 2.